The van der Waals surface area contributed by atoms with Crippen molar-refractivity contribution in [3.05, 3.63) is 54.4 Å². The topological polar surface area (TPSA) is 68.6 Å². The lowest BCUT2D eigenvalue weighted by Gasteiger charge is -2.18. The second-order valence-electron chi connectivity index (χ2n) is 5.86. The van der Waals surface area contributed by atoms with Crippen molar-refractivity contribution in [2.24, 2.45) is 0 Å². The summed E-state index contributed by atoms with van der Waals surface area (Å²) in [6.45, 7) is 6.65. The van der Waals surface area contributed by atoms with Crippen molar-refractivity contribution in [1.29, 1.82) is 0 Å². The van der Waals surface area contributed by atoms with E-state index in [1.807, 2.05) is 19.9 Å². The number of benzene rings is 1. The van der Waals surface area contributed by atoms with Crippen LogP contribution >= 0.6 is 22.9 Å². The first-order chi connectivity index (χ1) is 13.4. The third-order valence-corrected chi connectivity index (χ3v) is 5.32. The van der Waals surface area contributed by atoms with Gasteiger partial charge in [-0.3, -0.25) is 14.2 Å². The molecule has 1 aromatic carbocycles. The number of halogens is 1. The Morgan fingerprint density at radius 3 is 2.57 bits per heavy atom. The highest BCUT2D eigenvalue weighted by atomic mass is 35.5. The standard InChI is InChI=1S/C20H23ClN2O4S/c1-4-22(5-2)17(24)13-23-18(12-19(25)27-6-3)28-16(20(23)26)11-14-8-7-9-15(21)10-14/h7-12H,4-6,13H2,1-3H3/b16-11+,18-12+. The molecular formula is C20H23ClN2O4S. The Bertz CT molecular complexity index is 1020. The molecule has 0 atom stereocenters. The van der Waals surface area contributed by atoms with Gasteiger partial charge in [0, 0.05) is 18.1 Å². The molecule has 2 rings (SSSR count). The zero-order valence-electron chi connectivity index (χ0n) is 16.1. The maximum Gasteiger partial charge on any atom is 0.333 e. The number of nitrogens with zero attached hydrogens (tertiary/aromatic N) is 2. The molecule has 6 nitrogen and oxygen atoms in total. The average Bonchev–Trinajstić information content (AvgIpc) is 2.91. The number of ether oxygens (including phenoxy) is 1. The van der Waals surface area contributed by atoms with E-state index in [-0.39, 0.29) is 24.6 Å². The lowest BCUT2D eigenvalue weighted by molar-refractivity contribution is -0.135. The third-order valence-electron chi connectivity index (χ3n) is 4.02. The van der Waals surface area contributed by atoms with Crippen LogP contribution in [0.2, 0.25) is 5.02 Å². The van der Waals surface area contributed by atoms with Crippen molar-refractivity contribution in [3.63, 3.8) is 0 Å². The fourth-order valence-electron chi connectivity index (χ4n) is 2.64. The normalized spacial score (nSPS) is 12.3. The van der Waals surface area contributed by atoms with Crippen LogP contribution in [0.3, 0.4) is 0 Å². The molecule has 2 aromatic rings. The third kappa shape index (κ3) is 5.56. The molecule has 0 aliphatic heterocycles. The molecule has 0 spiro atoms. The molecule has 0 aliphatic rings. The molecule has 0 N–H and O–H groups in total. The minimum Gasteiger partial charge on any atom is -0.463 e. The second kappa shape index (κ2) is 10.2. The molecule has 28 heavy (non-hydrogen) atoms. The largest absolute Gasteiger partial charge is 0.463 e. The van der Waals surface area contributed by atoms with Crippen LogP contribution < -0.4 is 14.8 Å². The molecule has 0 aliphatic carbocycles. The number of hydrogen-bond acceptors (Lipinski definition) is 5. The van der Waals surface area contributed by atoms with E-state index in [1.165, 1.54) is 10.6 Å². The average molecular weight is 423 g/mol. The molecule has 0 bridgehead atoms. The summed E-state index contributed by atoms with van der Waals surface area (Å²) >= 11 is 7.14. The maximum absolute atomic E-state index is 12.9. The molecule has 1 aromatic heterocycles. The number of carbonyl (C=O) groups is 2. The highest BCUT2D eigenvalue weighted by Crippen LogP contribution is 2.10. The molecule has 1 amide bonds. The summed E-state index contributed by atoms with van der Waals surface area (Å²) in [4.78, 5) is 39.0. The van der Waals surface area contributed by atoms with Gasteiger partial charge in [-0.25, -0.2) is 4.79 Å². The van der Waals surface area contributed by atoms with Gasteiger partial charge < -0.3 is 9.64 Å². The first kappa shape index (κ1) is 21.9. The lowest BCUT2D eigenvalue weighted by Crippen LogP contribution is -2.40. The van der Waals surface area contributed by atoms with Gasteiger partial charge in [0.1, 0.15) is 11.2 Å². The van der Waals surface area contributed by atoms with Gasteiger partial charge >= 0.3 is 5.97 Å². The van der Waals surface area contributed by atoms with Gasteiger partial charge in [0.25, 0.3) is 5.56 Å². The molecule has 8 heteroatoms. The van der Waals surface area contributed by atoms with E-state index in [9.17, 15) is 14.4 Å². The van der Waals surface area contributed by atoms with Crippen molar-refractivity contribution >= 4 is 47.0 Å². The molecular weight excluding hydrogens is 400 g/mol. The Morgan fingerprint density at radius 2 is 1.96 bits per heavy atom. The van der Waals surface area contributed by atoms with Gasteiger partial charge in [0.05, 0.1) is 17.2 Å². The Balaban J connectivity index is 2.58. The van der Waals surface area contributed by atoms with Gasteiger partial charge in [-0.15, -0.1) is 11.3 Å². The highest BCUT2D eigenvalue weighted by molar-refractivity contribution is 7.07. The summed E-state index contributed by atoms with van der Waals surface area (Å²) in [5.41, 5.74) is 0.428. The zero-order chi connectivity index (χ0) is 20.7. The minimum atomic E-state index is -0.554. The number of hydrogen-bond donors (Lipinski definition) is 0. The molecule has 0 unspecified atom stereocenters. The van der Waals surface area contributed by atoms with Gasteiger partial charge in [-0.1, -0.05) is 23.7 Å². The summed E-state index contributed by atoms with van der Waals surface area (Å²) in [6, 6.07) is 7.09. The molecule has 1 heterocycles. The van der Waals surface area contributed by atoms with Crippen LogP contribution in [0.4, 0.5) is 0 Å². The van der Waals surface area contributed by atoms with Crippen molar-refractivity contribution in [1.82, 2.24) is 9.47 Å². The second-order valence-corrected chi connectivity index (χ2v) is 7.36. The highest BCUT2D eigenvalue weighted by Gasteiger charge is 2.14. The van der Waals surface area contributed by atoms with E-state index in [2.05, 4.69) is 0 Å². The fourth-order valence-corrected chi connectivity index (χ4v) is 3.87. The predicted molar refractivity (Wildman–Crippen MR) is 112 cm³/mol. The van der Waals surface area contributed by atoms with Crippen molar-refractivity contribution in [3.8, 4) is 0 Å². The number of amides is 1. The summed E-state index contributed by atoms with van der Waals surface area (Å²) in [5, 5.41) is 0.556. The van der Waals surface area contributed by atoms with Crippen LogP contribution in [0.25, 0.3) is 12.2 Å². The van der Waals surface area contributed by atoms with Crippen molar-refractivity contribution < 1.29 is 14.3 Å². The zero-order valence-corrected chi connectivity index (χ0v) is 17.7. The first-order valence-electron chi connectivity index (χ1n) is 9.02. The minimum absolute atomic E-state index is 0.133. The van der Waals surface area contributed by atoms with Crippen molar-refractivity contribution in [2.45, 2.75) is 27.3 Å². The Labute approximate surface area is 172 Å². The summed E-state index contributed by atoms with van der Waals surface area (Å²) < 4.78 is 7.05. The Hall–Kier alpha value is -2.38. The molecule has 0 saturated carbocycles. The van der Waals surface area contributed by atoms with Crippen LogP contribution in [-0.4, -0.2) is 41.0 Å². The number of esters is 1. The number of likely N-dealkylation sites (N-methyl/N-ethyl adjacent to an activating group) is 1. The van der Waals surface area contributed by atoms with E-state index in [1.54, 1.807) is 36.1 Å². The predicted octanol–water partition coefficient (Wildman–Crippen LogP) is 1.60. The van der Waals surface area contributed by atoms with Gasteiger partial charge in [0.15, 0.2) is 0 Å². The van der Waals surface area contributed by atoms with Crippen LogP contribution in [0.5, 0.6) is 0 Å². The first-order valence-corrected chi connectivity index (χ1v) is 10.2. The van der Waals surface area contributed by atoms with Crippen LogP contribution in [-0.2, 0) is 20.9 Å². The van der Waals surface area contributed by atoms with E-state index < -0.39 is 5.97 Å². The van der Waals surface area contributed by atoms with E-state index in [0.717, 1.165) is 16.9 Å². The maximum atomic E-state index is 12.9. The Morgan fingerprint density at radius 1 is 1.25 bits per heavy atom. The molecule has 150 valence electrons. The number of rotatable bonds is 7. The van der Waals surface area contributed by atoms with Crippen LogP contribution in [0, 0.1) is 0 Å². The van der Waals surface area contributed by atoms with Crippen molar-refractivity contribution in [2.75, 3.05) is 19.7 Å². The van der Waals surface area contributed by atoms with E-state index in [0.29, 0.717) is 27.3 Å². The van der Waals surface area contributed by atoms with Gasteiger partial charge in [-0.2, -0.15) is 0 Å². The number of carbonyl (C=O) groups excluding carboxylic acids is 2. The number of aromatic nitrogens is 1. The number of thiazole rings is 1. The Kier molecular flexibility index (Phi) is 8.02. The smallest absolute Gasteiger partial charge is 0.333 e. The quantitative estimate of drug-likeness (QED) is 0.635. The summed E-state index contributed by atoms with van der Waals surface area (Å²) in [6.07, 6.45) is 2.94. The molecule has 0 radical (unpaired) electrons. The molecule has 0 saturated heterocycles. The van der Waals surface area contributed by atoms with Crippen LogP contribution in [0.15, 0.2) is 29.1 Å². The fraction of sp³-hybridized carbons (Fsp3) is 0.350. The summed E-state index contributed by atoms with van der Waals surface area (Å²) in [5.74, 6) is -0.736. The van der Waals surface area contributed by atoms with E-state index in [4.69, 9.17) is 16.3 Å². The van der Waals surface area contributed by atoms with Gasteiger partial charge in [-0.05, 0) is 44.5 Å². The SMILES string of the molecule is CCOC(=O)/C=c1/s/c(=C/c2cccc(Cl)c2)c(=O)n1CC(=O)N(CC)CC. The summed E-state index contributed by atoms with van der Waals surface area (Å²) in [7, 11) is 0. The molecule has 0 fully saturated rings. The van der Waals surface area contributed by atoms with Gasteiger partial charge in [0.2, 0.25) is 5.91 Å². The monoisotopic (exact) mass is 422 g/mol. The van der Waals surface area contributed by atoms with E-state index >= 15 is 0 Å². The van der Waals surface area contributed by atoms with Crippen LogP contribution in [0.1, 0.15) is 26.3 Å². The lowest BCUT2D eigenvalue weighted by atomic mass is 10.2.